The van der Waals surface area contributed by atoms with E-state index in [1.54, 1.807) is 0 Å². The van der Waals surface area contributed by atoms with Gasteiger partial charge < -0.3 is 4.57 Å². The van der Waals surface area contributed by atoms with E-state index in [1.807, 2.05) is 29.7 Å². The number of imidazole rings is 1. The Labute approximate surface area is 105 Å². The first kappa shape index (κ1) is 11.7. The molecule has 1 aromatic carbocycles. The van der Waals surface area contributed by atoms with Crippen LogP contribution < -0.4 is 0 Å². The van der Waals surface area contributed by atoms with Gasteiger partial charge in [-0.05, 0) is 25.1 Å². The zero-order valence-corrected chi connectivity index (χ0v) is 10.3. The van der Waals surface area contributed by atoms with Crippen molar-refractivity contribution < 1.29 is 0 Å². The molecule has 0 spiro atoms. The highest BCUT2D eigenvalue weighted by molar-refractivity contribution is 6.31. The Kier molecular flexibility index (Phi) is 3.16. The smallest absolute Gasteiger partial charge is 0.124 e. The number of benzene rings is 1. The number of rotatable bonds is 3. The minimum Gasteiger partial charge on any atom is -0.323 e. The van der Waals surface area contributed by atoms with Crippen LogP contribution in [-0.4, -0.2) is 9.55 Å². The van der Waals surface area contributed by atoms with E-state index in [4.69, 9.17) is 16.9 Å². The van der Waals surface area contributed by atoms with Crippen LogP contribution in [0.3, 0.4) is 0 Å². The molecule has 0 atom stereocenters. The van der Waals surface area contributed by atoms with Crippen molar-refractivity contribution in [2.75, 3.05) is 0 Å². The number of nitriles is 1. The van der Waals surface area contributed by atoms with Crippen molar-refractivity contribution in [2.24, 2.45) is 0 Å². The quantitative estimate of drug-likeness (QED) is 0.779. The molecule has 17 heavy (non-hydrogen) atoms. The molecule has 0 aliphatic carbocycles. The first-order chi connectivity index (χ1) is 8.11. The maximum Gasteiger partial charge on any atom is 0.124 e. The van der Waals surface area contributed by atoms with Crippen molar-refractivity contribution in [3.05, 3.63) is 41.2 Å². The van der Waals surface area contributed by atoms with E-state index < -0.39 is 0 Å². The Bertz CT molecular complexity index is 619. The summed E-state index contributed by atoms with van der Waals surface area (Å²) in [6.45, 7) is 6.53. The molecule has 0 radical (unpaired) electrons. The lowest BCUT2D eigenvalue weighted by Crippen LogP contribution is -2.03. The van der Waals surface area contributed by atoms with Gasteiger partial charge in [0, 0.05) is 11.6 Å². The first-order valence-corrected chi connectivity index (χ1v) is 5.65. The van der Waals surface area contributed by atoms with E-state index in [0.29, 0.717) is 18.0 Å². The summed E-state index contributed by atoms with van der Waals surface area (Å²) in [6, 6.07) is 7.69. The molecule has 0 amide bonds. The zero-order chi connectivity index (χ0) is 12.4. The third-order valence-corrected chi connectivity index (χ3v) is 2.69. The molecule has 0 bridgehead atoms. The second-order valence-electron chi connectivity index (χ2n) is 4.04. The SMILES string of the molecule is C=C(C)Cn1c(CC#N)nc2cc(Cl)ccc21. The standard InChI is InChI=1S/C13H12ClN3/c1-9(2)8-17-12-4-3-10(14)7-11(12)16-13(17)5-6-15/h3-4,7H,1,5,8H2,2H3. The average Bonchev–Trinajstić information content (AvgIpc) is 2.56. The monoisotopic (exact) mass is 245 g/mol. The van der Waals surface area contributed by atoms with Crippen molar-refractivity contribution in [2.45, 2.75) is 19.9 Å². The molecule has 0 aliphatic heterocycles. The lowest BCUT2D eigenvalue weighted by atomic mass is 10.3. The minimum absolute atomic E-state index is 0.291. The van der Waals surface area contributed by atoms with Crippen LogP contribution >= 0.6 is 11.6 Å². The fraction of sp³-hybridized carbons (Fsp3) is 0.231. The van der Waals surface area contributed by atoms with Gasteiger partial charge in [-0.3, -0.25) is 0 Å². The van der Waals surface area contributed by atoms with Crippen LogP contribution in [0.2, 0.25) is 5.02 Å². The van der Waals surface area contributed by atoms with E-state index in [0.717, 1.165) is 22.4 Å². The van der Waals surface area contributed by atoms with E-state index in [1.165, 1.54) is 0 Å². The molecule has 0 fully saturated rings. The largest absolute Gasteiger partial charge is 0.323 e. The van der Waals surface area contributed by atoms with Gasteiger partial charge in [0.25, 0.3) is 0 Å². The molecule has 86 valence electrons. The Hall–Kier alpha value is -1.79. The lowest BCUT2D eigenvalue weighted by molar-refractivity contribution is 0.759. The molecule has 3 nitrogen and oxygen atoms in total. The van der Waals surface area contributed by atoms with E-state index in [2.05, 4.69) is 17.6 Å². The molecule has 0 saturated carbocycles. The van der Waals surface area contributed by atoms with Crippen molar-refractivity contribution in [1.82, 2.24) is 9.55 Å². The molecule has 0 aliphatic rings. The summed E-state index contributed by atoms with van der Waals surface area (Å²) in [5.74, 6) is 0.757. The Morgan fingerprint density at radius 3 is 3.00 bits per heavy atom. The highest BCUT2D eigenvalue weighted by atomic mass is 35.5. The molecule has 0 N–H and O–H groups in total. The van der Waals surface area contributed by atoms with E-state index >= 15 is 0 Å². The van der Waals surface area contributed by atoms with Crippen molar-refractivity contribution in [3.63, 3.8) is 0 Å². The summed E-state index contributed by atoms with van der Waals surface area (Å²) < 4.78 is 2.01. The lowest BCUT2D eigenvalue weighted by Gasteiger charge is -2.06. The van der Waals surface area contributed by atoms with Crippen molar-refractivity contribution >= 4 is 22.6 Å². The first-order valence-electron chi connectivity index (χ1n) is 5.28. The molecule has 4 heteroatoms. The fourth-order valence-electron chi connectivity index (χ4n) is 1.80. The molecule has 1 aromatic heterocycles. The third kappa shape index (κ3) is 2.32. The molecule has 2 rings (SSSR count). The maximum atomic E-state index is 8.81. The van der Waals surface area contributed by atoms with E-state index in [-0.39, 0.29) is 0 Å². The Balaban J connectivity index is 2.63. The van der Waals surface area contributed by atoms with Crippen LogP contribution in [0.4, 0.5) is 0 Å². The highest BCUT2D eigenvalue weighted by Gasteiger charge is 2.10. The highest BCUT2D eigenvalue weighted by Crippen LogP contribution is 2.21. The molecular formula is C13H12ClN3. The zero-order valence-electron chi connectivity index (χ0n) is 9.57. The topological polar surface area (TPSA) is 41.6 Å². The number of allylic oxidation sites excluding steroid dienone is 1. The minimum atomic E-state index is 0.291. The maximum absolute atomic E-state index is 8.81. The predicted molar refractivity (Wildman–Crippen MR) is 68.9 cm³/mol. The molecular weight excluding hydrogens is 234 g/mol. The summed E-state index contributed by atoms with van der Waals surface area (Å²) in [5, 5.41) is 9.46. The Morgan fingerprint density at radius 2 is 2.35 bits per heavy atom. The van der Waals surface area contributed by atoms with Crippen LogP contribution in [0.1, 0.15) is 12.7 Å². The predicted octanol–water partition coefficient (Wildman–Crippen LogP) is 3.33. The van der Waals surface area contributed by atoms with Crippen LogP contribution in [0.15, 0.2) is 30.4 Å². The second kappa shape index (κ2) is 4.60. The van der Waals surface area contributed by atoms with Gasteiger partial charge in [0.05, 0.1) is 23.5 Å². The summed E-state index contributed by atoms with van der Waals surface area (Å²) in [4.78, 5) is 4.43. The number of hydrogen-bond acceptors (Lipinski definition) is 2. The van der Waals surface area contributed by atoms with Crippen LogP contribution in [0, 0.1) is 11.3 Å². The second-order valence-corrected chi connectivity index (χ2v) is 4.48. The van der Waals surface area contributed by atoms with Crippen LogP contribution in [0.5, 0.6) is 0 Å². The third-order valence-electron chi connectivity index (χ3n) is 2.45. The number of aromatic nitrogens is 2. The van der Waals surface area contributed by atoms with Gasteiger partial charge in [-0.1, -0.05) is 23.8 Å². The molecule has 0 unspecified atom stereocenters. The Morgan fingerprint density at radius 1 is 1.59 bits per heavy atom. The fourth-order valence-corrected chi connectivity index (χ4v) is 1.97. The van der Waals surface area contributed by atoms with Gasteiger partial charge in [0.2, 0.25) is 0 Å². The summed E-state index contributed by atoms with van der Waals surface area (Å²) in [7, 11) is 0. The summed E-state index contributed by atoms with van der Waals surface area (Å²) in [6.07, 6.45) is 0.291. The van der Waals surface area contributed by atoms with Gasteiger partial charge >= 0.3 is 0 Å². The van der Waals surface area contributed by atoms with Crippen LogP contribution in [0.25, 0.3) is 11.0 Å². The van der Waals surface area contributed by atoms with Gasteiger partial charge in [-0.2, -0.15) is 5.26 Å². The van der Waals surface area contributed by atoms with Gasteiger partial charge in [0.1, 0.15) is 5.82 Å². The van der Waals surface area contributed by atoms with Crippen molar-refractivity contribution in [1.29, 1.82) is 5.26 Å². The number of fused-ring (bicyclic) bond motifs is 1. The molecule has 1 heterocycles. The van der Waals surface area contributed by atoms with Crippen LogP contribution in [-0.2, 0) is 13.0 Å². The number of halogens is 1. The van der Waals surface area contributed by atoms with Gasteiger partial charge in [-0.25, -0.2) is 4.98 Å². The normalized spacial score (nSPS) is 10.4. The molecule has 2 aromatic rings. The van der Waals surface area contributed by atoms with E-state index in [9.17, 15) is 0 Å². The molecule has 0 saturated heterocycles. The van der Waals surface area contributed by atoms with Gasteiger partial charge in [0.15, 0.2) is 0 Å². The summed E-state index contributed by atoms with van der Waals surface area (Å²) >= 11 is 5.93. The number of nitrogens with zero attached hydrogens (tertiary/aromatic N) is 3. The van der Waals surface area contributed by atoms with Gasteiger partial charge in [-0.15, -0.1) is 0 Å². The number of hydrogen-bond donors (Lipinski definition) is 0. The average molecular weight is 246 g/mol. The summed E-state index contributed by atoms with van der Waals surface area (Å²) in [5.41, 5.74) is 2.84. The van der Waals surface area contributed by atoms with Crippen molar-refractivity contribution in [3.8, 4) is 6.07 Å².